The molecule has 36 heavy (non-hydrogen) atoms. The zero-order valence-corrected chi connectivity index (χ0v) is 20.1. The molecule has 0 spiro atoms. The Kier molecular flexibility index (Phi) is 6.79. The fraction of sp³-hybridized carbons (Fsp3) is 0.148. The van der Waals surface area contributed by atoms with E-state index in [-0.39, 0.29) is 11.3 Å². The van der Waals surface area contributed by atoms with Crippen LogP contribution in [0, 0.1) is 11.3 Å². The van der Waals surface area contributed by atoms with E-state index in [0.717, 1.165) is 11.1 Å². The second-order valence-corrected chi connectivity index (χ2v) is 7.68. The molecule has 2 N–H and O–H groups in total. The van der Waals surface area contributed by atoms with Gasteiger partial charge in [0, 0.05) is 11.3 Å². The molecule has 0 atom stereocenters. The number of nitriles is 1. The highest BCUT2D eigenvalue weighted by Gasteiger charge is 2.33. The molecule has 9 heteroatoms. The number of hydrogen-bond acceptors (Lipinski definition) is 8. The van der Waals surface area contributed by atoms with E-state index in [1.54, 1.807) is 54.6 Å². The second-order valence-electron chi connectivity index (χ2n) is 7.68. The number of nitrogens with zero attached hydrogens (tertiary/aromatic N) is 1. The lowest BCUT2D eigenvalue weighted by molar-refractivity contribution is -0.123. The van der Waals surface area contributed by atoms with Crippen molar-refractivity contribution in [3.05, 3.63) is 71.4 Å². The summed E-state index contributed by atoms with van der Waals surface area (Å²) in [7, 11) is 6.08. The molecule has 3 aromatic carbocycles. The molecule has 1 aliphatic heterocycles. The molecule has 0 unspecified atom stereocenters. The van der Waals surface area contributed by atoms with Gasteiger partial charge in [-0.15, -0.1) is 0 Å². The van der Waals surface area contributed by atoms with Crippen molar-refractivity contribution in [2.75, 3.05) is 33.8 Å². The number of rotatable bonds is 8. The van der Waals surface area contributed by atoms with Gasteiger partial charge in [-0.3, -0.25) is 14.9 Å². The van der Waals surface area contributed by atoms with Crippen molar-refractivity contribution < 1.29 is 28.5 Å². The highest BCUT2D eigenvalue weighted by molar-refractivity contribution is 6.37. The summed E-state index contributed by atoms with van der Waals surface area (Å²) in [5.41, 5.74) is 3.07. The van der Waals surface area contributed by atoms with Crippen molar-refractivity contribution in [1.29, 1.82) is 5.26 Å². The maximum absolute atomic E-state index is 12.8. The van der Waals surface area contributed by atoms with E-state index in [0.29, 0.717) is 39.8 Å². The van der Waals surface area contributed by atoms with Crippen molar-refractivity contribution in [3.8, 4) is 40.2 Å². The van der Waals surface area contributed by atoms with Gasteiger partial charge in [-0.05, 0) is 53.6 Å². The van der Waals surface area contributed by atoms with Crippen LogP contribution in [0.25, 0.3) is 16.7 Å². The standard InChI is InChI=1S/C27H23N3O6/c1-33-20-11-16(17-12-21(34-2)25(36-4)22(13-17)35-3)8-9-19(20)23-24(27(32)30-26(23)31)29-18-7-5-6-15(10-18)14-28/h5-13H,1-4H3,(H2,29,30,31,32). The Morgan fingerprint density at radius 3 is 2.06 bits per heavy atom. The Hall–Kier alpha value is -4.97. The van der Waals surface area contributed by atoms with Gasteiger partial charge in [0.1, 0.15) is 11.4 Å². The smallest absolute Gasteiger partial charge is 0.275 e. The molecule has 3 aromatic rings. The Morgan fingerprint density at radius 2 is 1.44 bits per heavy atom. The van der Waals surface area contributed by atoms with Crippen molar-refractivity contribution in [1.82, 2.24) is 5.32 Å². The molecule has 9 nitrogen and oxygen atoms in total. The average Bonchev–Trinajstić information content (AvgIpc) is 3.19. The fourth-order valence-corrected chi connectivity index (χ4v) is 3.97. The summed E-state index contributed by atoms with van der Waals surface area (Å²) in [5, 5.41) is 14.5. The van der Waals surface area contributed by atoms with Crippen LogP contribution in [0.15, 0.2) is 60.3 Å². The lowest BCUT2D eigenvalue weighted by Crippen LogP contribution is -2.24. The number of amides is 2. The van der Waals surface area contributed by atoms with E-state index in [1.165, 1.54) is 28.4 Å². The van der Waals surface area contributed by atoms with Crippen LogP contribution in [0.3, 0.4) is 0 Å². The van der Waals surface area contributed by atoms with Crippen molar-refractivity contribution in [2.24, 2.45) is 0 Å². The van der Waals surface area contributed by atoms with Gasteiger partial charge in [0.2, 0.25) is 5.75 Å². The quantitative estimate of drug-likeness (QED) is 0.463. The Bertz CT molecular complexity index is 1410. The molecule has 4 rings (SSSR count). The molecule has 0 aliphatic carbocycles. The largest absolute Gasteiger partial charge is 0.496 e. The van der Waals surface area contributed by atoms with Gasteiger partial charge in [0.05, 0.1) is 45.6 Å². The number of methoxy groups -OCH3 is 4. The van der Waals surface area contributed by atoms with E-state index in [4.69, 9.17) is 24.2 Å². The molecular weight excluding hydrogens is 462 g/mol. The van der Waals surface area contributed by atoms with Gasteiger partial charge in [0.25, 0.3) is 11.8 Å². The fourth-order valence-electron chi connectivity index (χ4n) is 3.97. The molecule has 0 saturated carbocycles. The van der Waals surface area contributed by atoms with Gasteiger partial charge in [-0.1, -0.05) is 12.1 Å². The Morgan fingerprint density at radius 1 is 0.778 bits per heavy atom. The maximum Gasteiger partial charge on any atom is 0.275 e. The van der Waals surface area contributed by atoms with Crippen LogP contribution >= 0.6 is 0 Å². The van der Waals surface area contributed by atoms with Crippen LogP contribution < -0.4 is 29.6 Å². The highest BCUT2D eigenvalue weighted by atomic mass is 16.5. The Balaban J connectivity index is 1.81. The summed E-state index contributed by atoms with van der Waals surface area (Å²) in [6, 6.07) is 17.5. The molecule has 182 valence electrons. The summed E-state index contributed by atoms with van der Waals surface area (Å²) in [5.74, 6) is 0.695. The molecule has 0 fully saturated rings. The van der Waals surface area contributed by atoms with E-state index >= 15 is 0 Å². The summed E-state index contributed by atoms with van der Waals surface area (Å²) in [6.45, 7) is 0. The minimum Gasteiger partial charge on any atom is -0.496 e. The first-order valence-corrected chi connectivity index (χ1v) is 10.8. The van der Waals surface area contributed by atoms with Crippen LogP contribution in [0.4, 0.5) is 5.69 Å². The SMILES string of the molecule is COc1cc(-c2cc(OC)c(OC)c(OC)c2)ccc1C1=C(Nc2cccc(C#N)c2)C(=O)NC1=O. The number of carbonyl (C=O) groups excluding carboxylic acids is 2. The number of hydrogen-bond donors (Lipinski definition) is 2. The normalized spacial score (nSPS) is 12.6. The zero-order valence-electron chi connectivity index (χ0n) is 20.1. The van der Waals surface area contributed by atoms with Crippen LogP contribution in [0.1, 0.15) is 11.1 Å². The summed E-state index contributed by atoms with van der Waals surface area (Å²) < 4.78 is 21.9. The lowest BCUT2D eigenvalue weighted by atomic mass is 9.97. The van der Waals surface area contributed by atoms with Crippen molar-refractivity contribution >= 4 is 23.1 Å². The predicted molar refractivity (Wildman–Crippen MR) is 133 cm³/mol. The molecule has 1 aliphatic rings. The first-order chi connectivity index (χ1) is 17.4. The van der Waals surface area contributed by atoms with Gasteiger partial charge in [-0.25, -0.2) is 0 Å². The average molecular weight is 485 g/mol. The molecule has 0 bridgehead atoms. The highest BCUT2D eigenvalue weighted by Crippen LogP contribution is 2.42. The zero-order chi connectivity index (χ0) is 25.8. The first-order valence-electron chi connectivity index (χ1n) is 10.8. The van der Waals surface area contributed by atoms with Crippen LogP contribution in [0.5, 0.6) is 23.0 Å². The number of ether oxygens (including phenoxy) is 4. The number of benzene rings is 3. The van der Waals surface area contributed by atoms with Gasteiger partial charge in [0.15, 0.2) is 11.5 Å². The maximum atomic E-state index is 12.8. The number of imide groups is 1. The third-order valence-electron chi connectivity index (χ3n) is 5.66. The third kappa shape index (κ3) is 4.40. The van der Waals surface area contributed by atoms with Gasteiger partial charge in [-0.2, -0.15) is 5.26 Å². The van der Waals surface area contributed by atoms with Crippen molar-refractivity contribution in [2.45, 2.75) is 0 Å². The van der Waals surface area contributed by atoms with E-state index in [2.05, 4.69) is 10.6 Å². The van der Waals surface area contributed by atoms with E-state index in [9.17, 15) is 9.59 Å². The van der Waals surface area contributed by atoms with Crippen LogP contribution in [-0.4, -0.2) is 40.3 Å². The first kappa shape index (κ1) is 24.2. The van der Waals surface area contributed by atoms with E-state index in [1.807, 2.05) is 6.07 Å². The molecule has 0 saturated heterocycles. The minimum atomic E-state index is -0.576. The lowest BCUT2D eigenvalue weighted by Gasteiger charge is -2.16. The monoisotopic (exact) mass is 485 g/mol. The predicted octanol–water partition coefficient (Wildman–Crippen LogP) is 3.74. The third-order valence-corrected chi connectivity index (χ3v) is 5.66. The summed E-state index contributed by atoms with van der Waals surface area (Å²) in [6.07, 6.45) is 0. The van der Waals surface area contributed by atoms with Gasteiger partial charge < -0.3 is 24.3 Å². The molecule has 0 radical (unpaired) electrons. The van der Waals surface area contributed by atoms with E-state index < -0.39 is 11.8 Å². The summed E-state index contributed by atoms with van der Waals surface area (Å²) in [4.78, 5) is 25.4. The molecule has 0 aromatic heterocycles. The Labute approximate surface area is 207 Å². The second kappa shape index (κ2) is 10.1. The number of anilines is 1. The molecule has 2 amide bonds. The number of nitrogens with one attached hydrogen (secondary N) is 2. The number of carbonyl (C=O) groups is 2. The molecule has 1 heterocycles. The van der Waals surface area contributed by atoms with Crippen molar-refractivity contribution in [3.63, 3.8) is 0 Å². The summed E-state index contributed by atoms with van der Waals surface area (Å²) >= 11 is 0. The van der Waals surface area contributed by atoms with Gasteiger partial charge >= 0.3 is 0 Å². The molecular formula is C27H23N3O6. The van der Waals surface area contributed by atoms with Crippen LogP contribution in [-0.2, 0) is 9.59 Å². The minimum absolute atomic E-state index is 0.0638. The topological polar surface area (TPSA) is 119 Å². The van der Waals surface area contributed by atoms with Crippen LogP contribution in [0.2, 0.25) is 0 Å².